The highest BCUT2D eigenvalue weighted by Gasteiger charge is 2.23. The molecule has 1 nitrogen and oxygen atoms in total. The fourth-order valence-corrected chi connectivity index (χ4v) is 1.54. The van der Waals surface area contributed by atoms with Crippen LogP contribution in [0.2, 0.25) is 0 Å². The van der Waals surface area contributed by atoms with E-state index in [0.717, 1.165) is 26.1 Å². The smallest absolute Gasteiger partial charge is 0.0474 e. The van der Waals surface area contributed by atoms with E-state index in [9.17, 15) is 0 Å². The Labute approximate surface area is 67.9 Å². The van der Waals surface area contributed by atoms with Gasteiger partial charge < -0.3 is 4.74 Å². The molecule has 1 rings (SSSR count). The number of ether oxygens (including phenoxy) is 1. The molecule has 0 aromatic rings. The van der Waals surface area contributed by atoms with Crippen LogP contribution in [-0.2, 0) is 4.74 Å². The number of rotatable bonds is 1. The fourth-order valence-electron chi connectivity index (χ4n) is 1.18. The summed E-state index contributed by atoms with van der Waals surface area (Å²) in [5.41, 5.74) is 0.347. The first-order valence-electron chi connectivity index (χ1n) is 3.66. The molecule has 2 heteroatoms. The Bertz CT molecular complexity index is 125. The van der Waals surface area contributed by atoms with Crippen molar-refractivity contribution in [2.24, 2.45) is 5.41 Å². The maximum atomic E-state index is 5.25. The third kappa shape index (κ3) is 2.03. The molecule has 1 heterocycles. The number of hydrogen-bond donors (Lipinski definition) is 1. The Kier molecular flexibility index (Phi) is 2.81. The van der Waals surface area contributed by atoms with Crippen LogP contribution in [0.4, 0.5) is 0 Å². The SMILES string of the molecule is CC1(/C=C/S)CCOCC1. The van der Waals surface area contributed by atoms with Gasteiger partial charge in [-0.25, -0.2) is 0 Å². The summed E-state index contributed by atoms with van der Waals surface area (Å²) in [7, 11) is 0. The van der Waals surface area contributed by atoms with Crippen LogP contribution in [-0.4, -0.2) is 13.2 Å². The molecule has 0 radical (unpaired) electrons. The zero-order valence-electron chi connectivity index (χ0n) is 6.34. The monoisotopic (exact) mass is 158 g/mol. The van der Waals surface area contributed by atoms with Gasteiger partial charge in [-0.2, -0.15) is 12.6 Å². The van der Waals surface area contributed by atoms with Gasteiger partial charge in [-0.1, -0.05) is 13.0 Å². The molecule has 0 aromatic carbocycles. The Hall–Kier alpha value is 0.0500. The van der Waals surface area contributed by atoms with Gasteiger partial charge in [-0.3, -0.25) is 0 Å². The third-order valence-corrected chi connectivity index (χ3v) is 2.26. The maximum absolute atomic E-state index is 5.25. The first-order chi connectivity index (χ1) is 4.77. The summed E-state index contributed by atoms with van der Waals surface area (Å²) in [4.78, 5) is 0. The fraction of sp³-hybridized carbons (Fsp3) is 0.750. The van der Waals surface area contributed by atoms with Gasteiger partial charge in [0.1, 0.15) is 0 Å². The Morgan fingerprint density at radius 1 is 1.40 bits per heavy atom. The third-order valence-electron chi connectivity index (χ3n) is 2.11. The molecule has 0 saturated carbocycles. The summed E-state index contributed by atoms with van der Waals surface area (Å²) in [6.45, 7) is 4.05. The second-order valence-electron chi connectivity index (χ2n) is 3.08. The number of thiol groups is 1. The van der Waals surface area contributed by atoms with Crippen molar-refractivity contribution in [3.05, 3.63) is 11.5 Å². The van der Waals surface area contributed by atoms with E-state index >= 15 is 0 Å². The topological polar surface area (TPSA) is 9.23 Å². The van der Waals surface area contributed by atoms with Gasteiger partial charge in [0, 0.05) is 13.2 Å². The Morgan fingerprint density at radius 2 is 2.00 bits per heavy atom. The molecular weight excluding hydrogens is 144 g/mol. The van der Waals surface area contributed by atoms with E-state index in [2.05, 4.69) is 25.6 Å². The van der Waals surface area contributed by atoms with Crippen LogP contribution >= 0.6 is 12.6 Å². The van der Waals surface area contributed by atoms with Crippen molar-refractivity contribution in [1.82, 2.24) is 0 Å². The van der Waals surface area contributed by atoms with Crippen molar-refractivity contribution < 1.29 is 4.74 Å². The normalized spacial score (nSPS) is 25.4. The van der Waals surface area contributed by atoms with E-state index in [-0.39, 0.29) is 0 Å². The molecule has 0 unspecified atom stereocenters. The van der Waals surface area contributed by atoms with Gasteiger partial charge in [0.2, 0.25) is 0 Å². The quantitative estimate of drug-likeness (QED) is 0.576. The molecule has 1 saturated heterocycles. The molecule has 1 aliphatic rings. The van der Waals surface area contributed by atoms with E-state index in [1.54, 1.807) is 0 Å². The Balaban J connectivity index is 2.48. The molecule has 0 aliphatic carbocycles. The van der Waals surface area contributed by atoms with Gasteiger partial charge in [-0.05, 0) is 23.7 Å². The molecule has 1 aliphatic heterocycles. The molecule has 0 amide bonds. The molecule has 58 valence electrons. The van der Waals surface area contributed by atoms with Gasteiger partial charge in [0.05, 0.1) is 0 Å². The zero-order chi connectivity index (χ0) is 7.45. The summed E-state index contributed by atoms with van der Waals surface area (Å²) >= 11 is 4.06. The van der Waals surface area contributed by atoms with E-state index in [1.165, 1.54) is 0 Å². The molecular formula is C8H14OS. The predicted octanol–water partition coefficient (Wildman–Crippen LogP) is 2.25. The van der Waals surface area contributed by atoms with Gasteiger partial charge >= 0.3 is 0 Å². The van der Waals surface area contributed by atoms with Crippen molar-refractivity contribution in [3.63, 3.8) is 0 Å². The average Bonchev–Trinajstić information content (AvgIpc) is 1.89. The second-order valence-corrected chi connectivity index (χ2v) is 3.38. The zero-order valence-corrected chi connectivity index (χ0v) is 7.23. The van der Waals surface area contributed by atoms with Crippen molar-refractivity contribution in [3.8, 4) is 0 Å². The first kappa shape index (κ1) is 8.15. The van der Waals surface area contributed by atoms with Crippen molar-refractivity contribution in [1.29, 1.82) is 0 Å². The highest BCUT2D eigenvalue weighted by molar-refractivity contribution is 7.83. The lowest BCUT2D eigenvalue weighted by atomic mass is 9.83. The second kappa shape index (κ2) is 3.44. The largest absolute Gasteiger partial charge is 0.381 e. The van der Waals surface area contributed by atoms with Crippen molar-refractivity contribution in [2.45, 2.75) is 19.8 Å². The van der Waals surface area contributed by atoms with Crippen molar-refractivity contribution >= 4 is 12.6 Å². The minimum absolute atomic E-state index is 0.347. The first-order valence-corrected chi connectivity index (χ1v) is 4.18. The van der Waals surface area contributed by atoms with Crippen LogP contribution in [0.1, 0.15) is 19.8 Å². The van der Waals surface area contributed by atoms with E-state index in [0.29, 0.717) is 5.41 Å². The number of hydrogen-bond acceptors (Lipinski definition) is 2. The van der Waals surface area contributed by atoms with Gasteiger partial charge in [0.25, 0.3) is 0 Å². The standard InChI is InChI=1S/C8H14OS/c1-8(4-7-10)2-5-9-6-3-8/h4,7,10H,2-3,5-6H2,1H3/b7-4+. The van der Waals surface area contributed by atoms with Crippen LogP contribution < -0.4 is 0 Å². The highest BCUT2D eigenvalue weighted by Crippen LogP contribution is 2.31. The van der Waals surface area contributed by atoms with Gasteiger partial charge in [0.15, 0.2) is 0 Å². The molecule has 10 heavy (non-hydrogen) atoms. The minimum atomic E-state index is 0.347. The predicted molar refractivity (Wildman–Crippen MR) is 46.3 cm³/mol. The number of allylic oxidation sites excluding steroid dienone is 1. The Morgan fingerprint density at radius 3 is 2.50 bits per heavy atom. The van der Waals surface area contributed by atoms with Crippen LogP contribution in [0.25, 0.3) is 0 Å². The van der Waals surface area contributed by atoms with Crippen LogP contribution in [0.3, 0.4) is 0 Å². The van der Waals surface area contributed by atoms with E-state index in [1.807, 2.05) is 5.41 Å². The summed E-state index contributed by atoms with van der Waals surface area (Å²) < 4.78 is 5.25. The van der Waals surface area contributed by atoms with Gasteiger partial charge in [-0.15, -0.1) is 0 Å². The highest BCUT2D eigenvalue weighted by atomic mass is 32.1. The molecule has 0 atom stereocenters. The average molecular weight is 158 g/mol. The maximum Gasteiger partial charge on any atom is 0.0474 e. The van der Waals surface area contributed by atoms with Crippen LogP contribution in [0.5, 0.6) is 0 Å². The molecule has 1 fully saturated rings. The van der Waals surface area contributed by atoms with Crippen molar-refractivity contribution in [2.75, 3.05) is 13.2 Å². The van der Waals surface area contributed by atoms with E-state index < -0.39 is 0 Å². The molecule has 0 N–H and O–H groups in total. The summed E-state index contributed by atoms with van der Waals surface area (Å²) in [5.74, 6) is 0. The summed E-state index contributed by atoms with van der Waals surface area (Å²) in [5, 5.41) is 1.84. The minimum Gasteiger partial charge on any atom is -0.381 e. The lowest BCUT2D eigenvalue weighted by Gasteiger charge is -2.30. The molecule has 0 bridgehead atoms. The van der Waals surface area contributed by atoms with E-state index in [4.69, 9.17) is 4.74 Å². The molecule has 0 spiro atoms. The van der Waals surface area contributed by atoms with Crippen LogP contribution in [0, 0.1) is 5.41 Å². The molecule has 0 aromatic heterocycles. The lowest BCUT2D eigenvalue weighted by molar-refractivity contribution is 0.0450. The van der Waals surface area contributed by atoms with Crippen LogP contribution in [0.15, 0.2) is 11.5 Å². The summed E-state index contributed by atoms with van der Waals surface area (Å²) in [6.07, 6.45) is 4.42. The summed E-state index contributed by atoms with van der Waals surface area (Å²) in [6, 6.07) is 0. The lowest BCUT2D eigenvalue weighted by Crippen LogP contribution is -2.24.